The summed E-state index contributed by atoms with van der Waals surface area (Å²) in [5.74, 6) is -2.95. The first-order chi connectivity index (χ1) is 12.5. The summed E-state index contributed by atoms with van der Waals surface area (Å²) in [5, 5.41) is 9.72. The number of hydrogen-bond acceptors (Lipinski definition) is 4. The van der Waals surface area contributed by atoms with Crippen LogP contribution in [0.3, 0.4) is 0 Å². The third-order valence-electron chi connectivity index (χ3n) is 4.40. The molecule has 0 aliphatic carbocycles. The Kier molecular flexibility index (Phi) is 4.28. The lowest BCUT2D eigenvalue weighted by Crippen LogP contribution is -2.33. The first-order valence-corrected chi connectivity index (χ1v) is 9.05. The fourth-order valence-corrected chi connectivity index (χ4v) is 3.91. The molecule has 1 atom stereocenters. The molecule has 8 heteroatoms. The van der Waals surface area contributed by atoms with Gasteiger partial charge in [0.2, 0.25) is 0 Å². The third-order valence-corrected chi connectivity index (χ3v) is 5.26. The number of halogens is 2. The molecule has 0 radical (unpaired) electrons. The van der Waals surface area contributed by atoms with Crippen molar-refractivity contribution in [1.82, 2.24) is 19.7 Å². The van der Waals surface area contributed by atoms with Crippen LogP contribution in [0.4, 0.5) is 8.78 Å². The SMILES string of the molecule is O=C(c1cccs1)N1CC(F)(F)C[C@H]1c1nncn1Cc1ccccc1. The number of thiophene rings is 1. The van der Waals surface area contributed by atoms with Crippen LogP contribution < -0.4 is 0 Å². The second-order valence-electron chi connectivity index (χ2n) is 6.29. The van der Waals surface area contributed by atoms with Crippen molar-refractivity contribution in [2.45, 2.75) is 24.9 Å². The molecular formula is C18H16F2N4OS. The molecular weight excluding hydrogens is 358 g/mol. The van der Waals surface area contributed by atoms with Gasteiger partial charge in [-0.25, -0.2) is 8.78 Å². The molecule has 1 fully saturated rings. The second-order valence-corrected chi connectivity index (χ2v) is 7.24. The molecule has 0 N–H and O–H groups in total. The molecule has 1 amide bonds. The maximum Gasteiger partial charge on any atom is 0.267 e. The van der Waals surface area contributed by atoms with Gasteiger partial charge in [0.15, 0.2) is 5.82 Å². The minimum atomic E-state index is -2.94. The van der Waals surface area contributed by atoms with Gasteiger partial charge in [0.05, 0.1) is 24.0 Å². The number of rotatable bonds is 4. The second kappa shape index (κ2) is 6.60. The van der Waals surface area contributed by atoms with E-state index >= 15 is 0 Å². The van der Waals surface area contributed by atoms with Crippen molar-refractivity contribution in [3.8, 4) is 0 Å². The van der Waals surface area contributed by atoms with Crippen LogP contribution in [0, 0.1) is 0 Å². The molecule has 0 bridgehead atoms. The Balaban J connectivity index is 1.65. The Hall–Kier alpha value is -2.61. The zero-order valence-corrected chi connectivity index (χ0v) is 14.6. The third kappa shape index (κ3) is 3.24. The number of nitrogens with zero attached hydrogens (tertiary/aromatic N) is 4. The molecule has 0 spiro atoms. The van der Waals surface area contributed by atoms with Gasteiger partial charge in [0.25, 0.3) is 11.8 Å². The predicted molar refractivity (Wildman–Crippen MR) is 93.2 cm³/mol. The average Bonchev–Trinajstić information content (AvgIpc) is 3.35. The van der Waals surface area contributed by atoms with Gasteiger partial charge in [-0.05, 0) is 17.0 Å². The monoisotopic (exact) mass is 374 g/mol. The van der Waals surface area contributed by atoms with E-state index < -0.39 is 30.8 Å². The van der Waals surface area contributed by atoms with Crippen molar-refractivity contribution in [2.75, 3.05) is 6.54 Å². The molecule has 1 aliphatic heterocycles. The fraction of sp³-hybridized carbons (Fsp3) is 0.278. The van der Waals surface area contributed by atoms with E-state index in [1.165, 1.54) is 22.6 Å². The summed E-state index contributed by atoms with van der Waals surface area (Å²) in [6, 6.07) is 12.2. The van der Waals surface area contributed by atoms with Crippen LogP contribution in [0.25, 0.3) is 0 Å². The highest BCUT2D eigenvalue weighted by Crippen LogP contribution is 2.41. The zero-order chi connectivity index (χ0) is 18.1. The standard InChI is InChI=1S/C18H16F2N4OS/c19-18(20)9-14(24(11-18)17(25)15-7-4-8-26-15)16-22-21-12-23(16)10-13-5-2-1-3-6-13/h1-8,12,14H,9-11H2/t14-/m0/s1. The lowest BCUT2D eigenvalue weighted by Gasteiger charge is -2.23. The van der Waals surface area contributed by atoms with E-state index in [2.05, 4.69) is 10.2 Å². The zero-order valence-electron chi connectivity index (χ0n) is 13.8. The van der Waals surface area contributed by atoms with E-state index in [-0.39, 0.29) is 0 Å². The van der Waals surface area contributed by atoms with Crippen LogP contribution in [0.15, 0.2) is 54.2 Å². The van der Waals surface area contributed by atoms with Crippen LogP contribution >= 0.6 is 11.3 Å². The molecule has 1 saturated heterocycles. The highest BCUT2D eigenvalue weighted by Gasteiger charge is 2.49. The number of carbonyl (C=O) groups is 1. The quantitative estimate of drug-likeness (QED) is 0.701. The summed E-state index contributed by atoms with van der Waals surface area (Å²) in [6.07, 6.45) is 1.07. The van der Waals surface area contributed by atoms with Gasteiger partial charge in [-0.3, -0.25) is 4.79 Å². The number of likely N-dealkylation sites (tertiary alicyclic amines) is 1. The summed E-state index contributed by atoms with van der Waals surface area (Å²) >= 11 is 1.25. The van der Waals surface area contributed by atoms with Crippen LogP contribution in [0.1, 0.15) is 33.5 Å². The maximum atomic E-state index is 14.1. The lowest BCUT2D eigenvalue weighted by molar-refractivity contribution is 0.0118. The van der Waals surface area contributed by atoms with Gasteiger partial charge in [-0.1, -0.05) is 36.4 Å². The summed E-state index contributed by atoms with van der Waals surface area (Å²) < 4.78 is 30.0. The predicted octanol–water partition coefficient (Wildman–Crippen LogP) is 3.61. The molecule has 134 valence electrons. The Bertz CT molecular complexity index is 895. The molecule has 4 rings (SSSR count). The van der Waals surface area contributed by atoms with Crippen LogP contribution in [-0.2, 0) is 6.54 Å². The van der Waals surface area contributed by atoms with E-state index in [9.17, 15) is 13.6 Å². The summed E-state index contributed by atoms with van der Waals surface area (Å²) in [6.45, 7) is -0.140. The van der Waals surface area contributed by atoms with E-state index in [0.29, 0.717) is 17.2 Å². The number of carbonyl (C=O) groups excluding carboxylic acids is 1. The van der Waals surface area contributed by atoms with Crippen molar-refractivity contribution in [2.24, 2.45) is 0 Å². The van der Waals surface area contributed by atoms with Gasteiger partial charge < -0.3 is 9.47 Å². The van der Waals surface area contributed by atoms with E-state index in [1.54, 1.807) is 22.1 Å². The van der Waals surface area contributed by atoms with Gasteiger partial charge in [-0.2, -0.15) is 0 Å². The highest BCUT2D eigenvalue weighted by atomic mass is 32.1. The molecule has 2 aromatic heterocycles. The maximum absolute atomic E-state index is 14.1. The van der Waals surface area contributed by atoms with Gasteiger partial charge in [-0.15, -0.1) is 21.5 Å². The largest absolute Gasteiger partial charge is 0.321 e. The van der Waals surface area contributed by atoms with Gasteiger partial charge >= 0.3 is 0 Å². The molecule has 0 saturated carbocycles. The number of alkyl halides is 2. The summed E-state index contributed by atoms with van der Waals surface area (Å²) in [5.41, 5.74) is 1.01. The van der Waals surface area contributed by atoms with Gasteiger partial charge in [0, 0.05) is 6.42 Å². The smallest absolute Gasteiger partial charge is 0.267 e. The Morgan fingerprint density at radius 2 is 2.04 bits per heavy atom. The van der Waals surface area contributed by atoms with E-state index in [4.69, 9.17) is 0 Å². The fourth-order valence-electron chi connectivity index (χ4n) is 3.23. The normalized spacial score (nSPS) is 19.0. The van der Waals surface area contributed by atoms with Crippen LogP contribution in [0.5, 0.6) is 0 Å². The Morgan fingerprint density at radius 3 is 2.77 bits per heavy atom. The first kappa shape index (κ1) is 16.8. The highest BCUT2D eigenvalue weighted by molar-refractivity contribution is 7.12. The van der Waals surface area contributed by atoms with E-state index in [1.807, 2.05) is 30.3 Å². The van der Waals surface area contributed by atoms with E-state index in [0.717, 1.165) is 5.56 Å². The number of aromatic nitrogens is 3. The van der Waals surface area contributed by atoms with Crippen molar-refractivity contribution in [3.05, 3.63) is 70.4 Å². The van der Waals surface area contributed by atoms with Crippen molar-refractivity contribution < 1.29 is 13.6 Å². The Morgan fingerprint density at radius 1 is 1.23 bits per heavy atom. The Labute approximate surface area is 152 Å². The molecule has 3 aromatic rings. The van der Waals surface area contributed by atoms with Crippen LogP contribution in [-0.4, -0.2) is 38.0 Å². The number of hydrogen-bond donors (Lipinski definition) is 0. The molecule has 1 aliphatic rings. The summed E-state index contributed by atoms with van der Waals surface area (Å²) in [7, 11) is 0. The minimum Gasteiger partial charge on any atom is -0.321 e. The first-order valence-electron chi connectivity index (χ1n) is 8.17. The van der Waals surface area contributed by atoms with Crippen molar-refractivity contribution in [3.63, 3.8) is 0 Å². The van der Waals surface area contributed by atoms with Crippen molar-refractivity contribution in [1.29, 1.82) is 0 Å². The molecule has 5 nitrogen and oxygen atoms in total. The molecule has 0 unspecified atom stereocenters. The summed E-state index contributed by atoms with van der Waals surface area (Å²) in [4.78, 5) is 14.4. The van der Waals surface area contributed by atoms with Crippen LogP contribution in [0.2, 0.25) is 0 Å². The lowest BCUT2D eigenvalue weighted by atomic mass is 10.1. The molecule has 26 heavy (non-hydrogen) atoms. The van der Waals surface area contributed by atoms with Gasteiger partial charge in [0.1, 0.15) is 6.33 Å². The van der Waals surface area contributed by atoms with Crippen molar-refractivity contribution >= 4 is 17.2 Å². The minimum absolute atomic E-state index is 0.385. The molecule has 3 heterocycles. The average molecular weight is 374 g/mol. The number of amides is 1. The molecule has 1 aromatic carbocycles. The topological polar surface area (TPSA) is 51.0 Å². The number of benzene rings is 1.